The van der Waals surface area contributed by atoms with Crippen LogP contribution in [0.5, 0.6) is 11.5 Å². The van der Waals surface area contributed by atoms with Gasteiger partial charge >= 0.3 is 6.18 Å². The molecule has 4 rings (SSSR count). The van der Waals surface area contributed by atoms with Crippen LogP contribution >= 0.6 is 0 Å². The number of carboxylic acids is 1. The molecular weight excluding hydrogens is 725 g/mol. The third kappa shape index (κ3) is 20.8. The Kier molecular flexibility index (Phi) is 23.3. The summed E-state index contributed by atoms with van der Waals surface area (Å²) in [5, 5.41) is 35.7. The predicted molar refractivity (Wildman–Crippen MR) is 212 cm³/mol. The topological polar surface area (TPSA) is 184 Å². The Bertz CT molecular complexity index is 1870. The largest absolute Gasteiger partial charge is 0.493 e. The first-order chi connectivity index (χ1) is 26.8. The number of unbranched alkanes of at least 4 members (excludes halogenated alkanes) is 6. The van der Waals surface area contributed by atoms with Gasteiger partial charge in [0.2, 0.25) is 0 Å². The van der Waals surface area contributed by atoms with Crippen LogP contribution in [0.25, 0.3) is 0 Å². The molecule has 0 aliphatic heterocycles. The highest BCUT2D eigenvalue weighted by Gasteiger charge is 2.34. The molecule has 0 amide bonds. The van der Waals surface area contributed by atoms with Crippen LogP contribution < -0.4 is 15.2 Å². The van der Waals surface area contributed by atoms with Gasteiger partial charge in [-0.25, -0.2) is 0 Å². The third-order valence-corrected chi connectivity index (χ3v) is 7.36. The first-order valence-corrected chi connectivity index (χ1v) is 18.1. The van der Waals surface area contributed by atoms with E-state index in [1.807, 2.05) is 31.2 Å². The van der Waals surface area contributed by atoms with E-state index in [0.717, 1.165) is 74.4 Å². The Labute approximate surface area is 326 Å². The van der Waals surface area contributed by atoms with Crippen molar-refractivity contribution >= 4 is 28.7 Å². The van der Waals surface area contributed by atoms with Crippen LogP contribution in [0, 0.1) is 34.5 Å². The van der Waals surface area contributed by atoms with Crippen LogP contribution in [0.15, 0.2) is 100 Å². The number of nitroso groups, excluding NO2 is 1. The van der Waals surface area contributed by atoms with E-state index >= 15 is 0 Å². The summed E-state index contributed by atoms with van der Waals surface area (Å²) in [6.07, 6.45) is 4.23. The zero-order valence-electron chi connectivity index (χ0n) is 32.2. The molecule has 298 valence electrons. The summed E-state index contributed by atoms with van der Waals surface area (Å²) in [5.41, 5.74) is 8.71. The minimum atomic E-state index is -4.44. The lowest BCUT2D eigenvalue weighted by Crippen LogP contribution is -2.10. The van der Waals surface area contributed by atoms with E-state index in [1.54, 1.807) is 36.4 Å². The van der Waals surface area contributed by atoms with Crippen molar-refractivity contribution in [2.75, 3.05) is 18.9 Å². The highest BCUT2D eigenvalue weighted by Crippen LogP contribution is 2.37. The lowest BCUT2D eigenvalue weighted by molar-refractivity contribution is -0.139. The quantitative estimate of drug-likeness (QED) is 0.0517. The molecule has 56 heavy (non-hydrogen) atoms. The normalized spacial score (nSPS) is 10.2. The summed E-state index contributed by atoms with van der Waals surface area (Å²) in [5.74, 6) is -0.0722. The Morgan fingerprint density at radius 3 is 1.61 bits per heavy atom. The molecule has 3 N–H and O–H groups in total. The van der Waals surface area contributed by atoms with Crippen molar-refractivity contribution in [3.63, 3.8) is 0 Å². The van der Waals surface area contributed by atoms with Crippen molar-refractivity contribution in [2.45, 2.75) is 85.2 Å². The number of carboxylic acid groups (broad SMARTS) is 1. The van der Waals surface area contributed by atoms with Gasteiger partial charge in [-0.3, -0.25) is 4.79 Å². The Morgan fingerprint density at radius 1 is 0.714 bits per heavy atom. The number of rotatable bonds is 15. The van der Waals surface area contributed by atoms with Crippen LogP contribution in [0.3, 0.4) is 0 Å². The molecular formula is C42H49F3N6O5. The average Bonchev–Trinajstić information content (AvgIpc) is 3.18. The second-order valence-electron chi connectivity index (χ2n) is 12.1. The van der Waals surface area contributed by atoms with Crippen molar-refractivity contribution in [1.82, 2.24) is 0 Å². The fraction of sp³-hybridized carbons (Fsp3) is 0.357. The minimum absolute atomic E-state index is 0.0839. The van der Waals surface area contributed by atoms with Crippen LogP contribution in [0.1, 0.15) is 94.4 Å². The van der Waals surface area contributed by atoms with Crippen LogP contribution in [0.4, 0.5) is 35.9 Å². The zero-order valence-corrected chi connectivity index (χ0v) is 32.2. The van der Waals surface area contributed by atoms with Gasteiger partial charge in [-0.1, -0.05) is 52.4 Å². The lowest BCUT2D eigenvalue weighted by atomic mass is 10.1. The van der Waals surface area contributed by atoms with Crippen LogP contribution in [-0.2, 0) is 11.0 Å². The highest BCUT2D eigenvalue weighted by atomic mass is 19.4. The third-order valence-electron chi connectivity index (χ3n) is 7.36. The first-order valence-electron chi connectivity index (χ1n) is 18.1. The first kappa shape index (κ1) is 47.7. The maximum Gasteiger partial charge on any atom is 0.420 e. The highest BCUT2D eigenvalue weighted by molar-refractivity contribution is 5.63. The maximum atomic E-state index is 12.7. The molecule has 0 aliphatic carbocycles. The van der Waals surface area contributed by atoms with Gasteiger partial charge in [0.05, 0.1) is 53.4 Å². The number of nitrogens with zero attached hydrogens (tertiary/aromatic N) is 5. The van der Waals surface area contributed by atoms with Gasteiger partial charge in [0, 0.05) is 12.6 Å². The summed E-state index contributed by atoms with van der Waals surface area (Å²) in [7, 11) is 0. The average molecular weight is 775 g/mol. The van der Waals surface area contributed by atoms with Crippen molar-refractivity contribution in [1.29, 1.82) is 10.5 Å². The number of halogens is 3. The van der Waals surface area contributed by atoms with E-state index < -0.39 is 17.7 Å². The van der Waals surface area contributed by atoms with Gasteiger partial charge < -0.3 is 20.3 Å². The molecule has 0 saturated heterocycles. The predicted octanol–water partition coefficient (Wildman–Crippen LogP) is 12.5. The van der Waals surface area contributed by atoms with E-state index in [2.05, 4.69) is 35.3 Å². The summed E-state index contributed by atoms with van der Waals surface area (Å²) in [4.78, 5) is 18.9. The van der Waals surface area contributed by atoms with Crippen molar-refractivity contribution in [3.05, 3.63) is 112 Å². The van der Waals surface area contributed by atoms with Gasteiger partial charge in [-0.05, 0) is 115 Å². The Morgan fingerprint density at radius 2 is 1.16 bits per heavy atom. The molecule has 0 fully saturated rings. The van der Waals surface area contributed by atoms with E-state index in [1.165, 1.54) is 43.5 Å². The smallest absolute Gasteiger partial charge is 0.420 e. The van der Waals surface area contributed by atoms with E-state index in [9.17, 15) is 18.1 Å². The standard InChI is InChI=1S/C20H23N3O.C13H18F3NO.C7H4N2O.C2H4O2/c1-3-4-5-6-13-24-20-12-11-19(14-16(20)2)23-22-18-9-7-17(15-21)8-10-18;1-2-3-4-5-8-18-12-7-6-10(17)9-11(12)13(14,15)16;8-5-6-1-3-7(9-10)4-2-6;1-2(3)4/h7-12,14H,3-6,13H2,1-2H3;6-7,9H,2-5,8,17H2,1H3;1-4H;1H3,(H,3,4). The number of hydrogen-bond acceptors (Lipinski definition) is 10. The van der Waals surface area contributed by atoms with Gasteiger partial charge in [0.1, 0.15) is 17.2 Å². The van der Waals surface area contributed by atoms with Gasteiger partial charge in [0.25, 0.3) is 5.97 Å². The van der Waals surface area contributed by atoms with E-state index in [-0.39, 0.29) is 11.4 Å². The molecule has 14 heteroatoms. The van der Waals surface area contributed by atoms with Crippen molar-refractivity contribution in [2.24, 2.45) is 15.4 Å². The molecule has 0 radical (unpaired) electrons. The molecule has 0 aliphatic rings. The van der Waals surface area contributed by atoms with Crippen LogP contribution in [0.2, 0.25) is 0 Å². The molecule has 0 atom stereocenters. The zero-order chi connectivity index (χ0) is 41.8. The summed E-state index contributed by atoms with van der Waals surface area (Å²) in [6, 6.07) is 26.6. The number of nitrogens with two attached hydrogens (primary N) is 1. The number of hydrogen-bond donors (Lipinski definition) is 2. The second-order valence-corrected chi connectivity index (χ2v) is 12.1. The molecule has 0 bridgehead atoms. The van der Waals surface area contributed by atoms with E-state index in [4.69, 9.17) is 35.6 Å². The fourth-order valence-corrected chi connectivity index (χ4v) is 4.49. The molecule has 0 saturated carbocycles. The molecule has 0 aromatic heterocycles. The molecule has 0 unspecified atom stereocenters. The Balaban J connectivity index is 0.000000428. The second kappa shape index (κ2) is 27.3. The van der Waals surface area contributed by atoms with Gasteiger partial charge in [-0.2, -0.15) is 33.9 Å². The number of ether oxygens (including phenoxy) is 2. The summed E-state index contributed by atoms with van der Waals surface area (Å²) in [6.45, 7) is 8.43. The van der Waals surface area contributed by atoms with Gasteiger partial charge in [0.15, 0.2) is 0 Å². The lowest BCUT2D eigenvalue weighted by Gasteiger charge is -2.14. The monoisotopic (exact) mass is 774 g/mol. The molecule has 4 aromatic rings. The number of anilines is 1. The minimum Gasteiger partial charge on any atom is -0.493 e. The van der Waals surface area contributed by atoms with Crippen molar-refractivity contribution in [3.8, 4) is 23.6 Å². The number of aliphatic carboxylic acids is 1. The number of benzene rings is 4. The summed E-state index contributed by atoms with van der Waals surface area (Å²) < 4.78 is 49.2. The molecule has 4 aromatic carbocycles. The SMILES string of the molecule is CC(=O)O.CCCCCCOc1ccc(N)cc1C(F)(F)F.CCCCCCOc1ccc(N=Nc2ccc(C#N)cc2)cc1C.N#Cc1ccc(N=O)cc1. The summed E-state index contributed by atoms with van der Waals surface area (Å²) >= 11 is 0. The van der Waals surface area contributed by atoms with Crippen LogP contribution in [-0.4, -0.2) is 24.3 Å². The maximum absolute atomic E-state index is 12.7. The number of aryl methyl sites for hydroxylation is 1. The van der Waals surface area contributed by atoms with Gasteiger partial charge in [-0.15, -0.1) is 4.91 Å². The fourth-order valence-electron chi connectivity index (χ4n) is 4.49. The number of alkyl halides is 3. The van der Waals surface area contributed by atoms with Crippen molar-refractivity contribution < 1.29 is 32.5 Å². The Hall–Kier alpha value is -6.28. The number of azo groups is 1. The number of carbonyl (C=O) groups is 1. The number of nitriles is 2. The molecule has 0 spiro atoms. The molecule has 0 heterocycles. The van der Waals surface area contributed by atoms with E-state index in [0.29, 0.717) is 23.4 Å². The number of nitrogen functional groups attached to an aromatic ring is 1. The molecule has 11 nitrogen and oxygen atoms in total.